The van der Waals surface area contributed by atoms with Gasteiger partial charge in [0.2, 0.25) is 0 Å². The Morgan fingerprint density at radius 3 is 2.95 bits per heavy atom. The number of rotatable bonds is 7. The van der Waals surface area contributed by atoms with E-state index in [1.54, 1.807) is 4.90 Å². The smallest absolute Gasteiger partial charge is 0.254 e. The molecule has 0 aromatic heterocycles. The number of carbonyl (C=O) groups excluding carboxylic acids is 1. The van der Waals surface area contributed by atoms with Gasteiger partial charge >= 0.3 is 0 Å². The van der Waals surface area contributed by atoms with Crippen molar-refractivity contribution in [3.05, 3.63) is 29.8 Å². The summed E-state index contributed by atoms with van der Waals surface area (Å²) >= 11 is 0. The third-order valence-electron chi connectivity index (χ3n) is 3.91. The van der Waals surface area contributed by atoms with Gasteiger partial charge in [0.25, 0.3) is 5.91 Å². The monoisotopic (exact) mass is 307 g/mol. The summed E-state index contributed by atoms with van der Waals surface area (Å²) < 4.78 is 11.1. The second-order valence-corrected chi connectivity index (χ2v) is 5.71. The molecule has 0 spiro atoms. The summed E-state index contributed by atoms with van der Waals surface area (Å²) in [5.74, 6) is 0.737. The number of carbonyl (C=O) groups is 1. The van der Waals surface area contributed by atoms with Crippen molar-refractivity contribution in [1.82, 2.24) is 4.90 Å². The SMILES string of the molecule is CCOc1cccc(CN(CCO)C(=O)C2(C)CCCO2)c1. The van der Waals surface area contributed by atoms with Gasteiger partial charge in [0, 0.05) is 19.7 Å². The van der Waals surface area contributed by atoms with Gasteiger partial charge in [0.05, 0.1) is 13.2 Å². The standard InChI is InChI=1S/C17H25NO4/c1-3-21-15-7-4-6-14(12-15)13-18(9-10-19)16(20)17(2)8-5-11-22-17/h4,6-7,12,19H,3,5,8-11,13H2,1-2H3. The molecule has 2 rings (SSSR count). The summed E-state index contributed by atoms with van der Waals surface area (Å²) in [7, 11) is 0. The van der Waals surface area contributed by atoms with Crippen LogP contribution in [0.1, 0.15) is 32.3 Å². The number of benzene rings is 1. The van der Waals surface area contributed by atoms with Crippen LogP contribution >= 0.6 is 0 Å². The Kier molecular flexibility index (Phi) is 5.80. The van der Waals surface area contributed by atoms with Gasteiger partial charge in [-0.3, -0.25) is 4.79 Å². The molecule has 5 nitrogen and oxygen atoms in total. The summed E-state index contributed by atoms with van der Waals surface area (Å²) in [4.78, 5) is 14.4. The zero-order valence-electron chi connectivity index (χ0n) is 13.4. The van der Waals surface area contributed by atoms with Crippen molar-refractivity contribution in [2.24, 2.45) is 0 Å². The Bertz CT molecular complexity index is 497. The number of amides is 1. The average molecular weight is 307 g/mol. The molecule has 122 valence electrons. The van der Waals surface area contributed by atoms with Crippen molar-refractivity contribution in [3.63, 3.8) is 0 Å². The van der Waals surface area contributed by atoms with Crippen LogP contribution in [0, 0.1) is 0 Å². The van der Waals surface area contributed by atoms with Crippen LogP contribution in [0.2, 0.25) is 0 Å². The molecule has 0 radical (unpaired) electrons. The van der Waals surface area contributed by atoms with E-state index in [4.69, 9.17) is 9.47 Å². The lowest BCUT2D eigenvalue weighted by Crippen LogP contribution is -2.47. The molecular formula is C17H25NO4. The van der Waals surface area contributed by atoms with Crippen molar-refractivity contribution in [2.45, 2.75) is 38.8 Å². The molecule has 1 fully saturated rings. The molecule has 1 amide bonds. The first-order valence-electron chi connectivity index (χ1n) is 7.85. The van der Waals surface area contributed by atoms with Crippen LogP contribution in [0.25, 0.3) is 0 Å². The summed E-state index contributed by atoms with van der Waals surface area (Å²) in [6.45, 7) is 5.68. The largest absolute Gasteiger partial charge is 0.494 e. The minimum absolute atomic E-state index is 0.0548. The lowest BCUT2D eigenvalue weighted by molar-refractivity contribution is -0.152. The molecule has 0 saturated carbocycles. The van der Waals surface area contributed by atoms with Crippen LogP contribution in [0.5, 0.6) is 5.75 Å². The highest BCUT2D eigenvalue weighted by Crippen LogP contribution is 2.28. The van der Waals surface area contributed by atoms with Crippen molar-refractivity contribution in [1.29, 1.82) is 0 Å². The Morgan fingerprint density at radius 2 is 2.32 bits per heavy atom. The molecule has 1 aliphatic heterocycles. The predicted octanol–water partition coefficient (Wildman–Crippen LogP) is 1.98. The van der Waals surface area contributed by atoms with Crippen LogP contribution in [0.15, 0.2) is 24.3 Å². The van der Waals surface area contributed by atoms with Crippen LogP contribution in [-0.4, -0.2) is 47.9 Å². The summed E-state index contributed by atoms with van der Waals surface area (Å²) in [5.41, 5.74) is 0.224. The maximum atomic E-state index is 12.7. The van der Waals surface area contributed by atoms with E-state index >= 15 is 0 Å². The quantitative estimate of drug-likeness (QED) is 0.837. The fourth-order valence-corrected chi connectivity index (χ4v) is 2.78. The number of aliphatic hydroxyl groups excluding tert-OH is 1. The highest BCUT2D eigenvalue weighted by atomic mass is 16.5. The fourth-order valence-electron chi connectivity index (χ4n) is 2.78. The fraction of sp³-hybridized carbons (Fsp3) is 0.588. The molecule has 1 atom stereocenters. The molecule has 0 aliphatic carbocycles. The van der Waals surface area contributed by atoms with E-state index in [0.717, 1.165) is 24.2 Å². The third-order valence-corrected chi connectivity index (χ3v) is 3.91. The van der Waals surface area contributed by atoms with Gasteiger partial charge in [-0.2, -0.15) is 0 Å². The lowest BCUT2D eigenvalue weighted by atomic mass is 10.0. The topological polar surface area (TPSA) is 59.0 Å². The second-order valence-electron chi connectivity index (χ2n) is 5.71. The third kappa shape index (κ3) is 3.99. The molecule has 1 aliphatic rings. The molecule has 1 aromatic rings. The Hall–Kier alpha value is -1.59. The van der Waals surface area contributed by atoms with Gasteiger partial charge in [-0.1, -0.05) is 12.1 Å². The maximum absolute atomic E-state index is 12.7. The van der Waals surface area contributed by atoms with Gasteiger partial charge < -0.3 is 19.5 Å². The van der Waals surface area contributed by atoms with Crippen LogP contribution < -0.4 is 4.74 Å². The number of hydrogen-bond acceptors (Lipinski definition) is 4. The van der Waals surface area contributed by atoms with Gasteiger partial charge in [-0.25, -0.2) is 0 Å². The van der Waals surface area contributed by atoms with Gasteiger partial charge in [0.15, 0.2) is 0 Å². The predicted molar refractivity (Wildman–Crippen MR) is 83.7 cm³/mol. The lowest BCUT2D eigenvalue weighted by Gasteiger charge is -2.31. The van der Waals surface area contributed by atoms with E-state index in [2.05, 4.69) is 0 Å². The zero-order chi connectivity index (χ0) is 16.0. The summed E-state index contributed by atoms with van der Waals surface area (Å²) in [6, 6.07) is 7.69. The number of hydrogen-bond donors (Lipinski definition) is 1. The van der Waals surface area contributed by atoms with E-state index in [0.29, 0.717) is 26.3 Å². The van der Waals surface area contributed by atoms with Crippen LogP contribution in [0.3, 0.4) is 0 Å². The van der Waals surface area contributed by atoms with Gasteiger partial charge in [-0.15, -0.1) is 0 Å². The first-order chi connectivity index (χ1) is 10.6. The van der Waals surface area contributed by atoms with Crippen molar-refractivity contribution in [2.75, 3.05) is 26.4 Å². The number of aliphatic hydroxyl groups is 1. The first-order valence-corrected chi connectivity index (χ1v) is 7.85. The minimum atomic E-state index is -0.757. The van der Waals surface area contributed by atoms with E-state index in [-0.39, 0.29) is 12.5 Å². The molecule has 1 saturated heterocycles. The molecular weight excluding hydrogens is 282 g/mol. The molecule has 1 N–H and O–H groups in total. The molecule has 22 heavy (non-hydrogen) atoms. The van der Waals surface area contributed by atoms with Gasteiger partial charge in [0.1, 0.15) is 11.4 Å². The van der Waals surface area contributed by atoms with Crippen molar-refractivity contribution >= 4 is 5.91 Å². The summed E-state index contributed by atoms with van der Waals surface area (Å²) in [5, 5.41) is 9.27. The Labute approximate surface area is 131 Å². The highest BCUT2D eigenvalue weighted by molar-refractivity contribution is 5.85. The highest BCUT2D eigenvalue weighted by Gasteiger charge is 2.40. The second kappa shape index (κ2) is 7.61. The Morgan fingerprint density at radius 1 is 1.50 bits per heavy atom. The summed E-state index contributed by atoms with van der Waals surface area (Å²) in [6.07, 6.45) is 1.63. The van der Waals surface area contributed by atoms with Crippen LogP contribution in [-0.2, 0) is 16.1 Å². The first kappa shape index (κ1) is 16.8. The molecule has 1 heterocycles. The normalized spacial score (nSPS) is 20.9. The number of nitrogens with zero attached hydrogens (tertiary/aromatic N) is 1. The average Bonchev–Trinajstić information content (AvgIpc) is 2.95. The number of ether oxygens (including phenoxy) is 2. The Balaban J connectivity index is 2.11. The zero-order valence-corrected chi connectivity index (χ0v) is 13.4. The molecule has 5 heteroatoms. The van der Waals surface area contributed by atoms with E-state index in [1.807, 2.05) is 38.1 Å². The van der Waals surface area contributed by atoms with Crippen molar-refractivity contribution in [3.8, 4) is 5.75 Å². The maximum Gasteiger partial charge on any atom is 0.254 e. The molecule has 1 unspecified atom stereocenters. The van der Waals surface area contributed by atoms with Crippen LogP contribution in [0.4, 0.5) is 0 Å². The van der Waals surface area contributed by atoms with E-state index in [9.17, 15) is 9.90 Å². The van der Waals surface area contributed by atoms with E-state index < -0.39 is 5.60 Å². The minimum Gasteiger partial charge on any atom is -0.494 e. The van der Waals surface area contributed by atoms with Gasteiger partial charge in [-0.05, 0) is 44.4 Å². The molecule has 1 aromatic carbocycles. The molecule has 0 bridgehead atoms. The van der Waals surface area contributed by atoms with Crippen molar-refractivity contribution < 1.29 is 19.4 Å². The van der Waals surface area contributed by atoms with E-state index in [1.165, 1.54) is 0 Å².